The molecule has 0 bridgehead atoms. The summed E-state index contributed by atoms with van der Waals surface area (Å²) in [6, 6.07) is 1.90. The van der Waals surface area contributed by atoms with Gasteiger partial charge in [0.25, 0.3) is 0 Å². The van der Waals surface area contributed by atoms with E-state index in [1.165, 1.54) is 0 Å². The lowest BCUT2D eigenvalue weighted by Crippen LogP contribution is -2.71. The fourth-order valence-corrected chi connectivity index (χ4v) is 2.61. The van der Waals surface area contributed by atoms with Crippen molar-refractivity contribution in [3.63, 3.8) is 0 Å². The lowest BCUT2D eigenvalue weighted by atomic mass is 9.89. The van der Waals surface area contributed by atoms with Crippen LogP contribution in [0.25, 0.3) is 0 Å². The van der Waals surface area contributed by atoms with Gasteiger partial charge in [-0.1, -0.05) is 0 Å². The number of nitrogens with one attached hydrogen (secondary N) is 1. The zero-order valence-electron chi connectivity index (χ0n) is 12.0. The van der Waals surface area contributed by atoms with Gasteiger partial charge >= 0.3 is 0 Å². The second-order valence-electron chi connectivity index (χ2n) is 6.04. The van der Waals surface area contributed by atoms with Crippen molar-refractivity contribution < 1.29 is 9.59 Å². The first kappa shape index (κ1) is 15.0. The number of hydrogen-bond acceptors (Lipinski definition) is 3. The van der Waals surface area contributed by atoms with Gasteiger partial charge in [-0.3, -0.25) is 14.6 Å². The summed E-state index contributed by atoms with van der Waals surface area (Å²) in [5.74, 6) is -0.243. The number of nitrogens with zero attached hydrogens (tertiary/aromatic N) is 2. The van der Waals surface area contributed by atoms with Crippen molar-refractivity contribution in [2.45, 2.75) is 45.3 Å². The summed E-state index contributed by atoms with van der Waals surface area (Å²) in [4.78, 5) is 30.5. The van der Waals surface area contributed by atoms with E-state index in [9.17, 15) is 9.59 Å². The van der Waals surface area contributed by atoms with Gasteiger partial charge in [0.1, 0.15) is 11.1 Å². The number of aromatic nitrogens is 1. The number of carbonyl (C=O) groups is 2. The predicted molar refractivity (Wildman–Crippen MR) is 78.8 cm³/mol. The molecule has 0 spiro atoms. The van der Waals surface area contributed by atoms with Crippen LogP contribution >= 0.6 is 15.9 Å². The predicted octanol–water partition coefficient (Wildman–Crippen LogP) is 1.86. The molecular weight excluding hydrogens is 322 g/mol. The van der Waals surface area contributed by atoms with Crippen molar-refractivity contribution in [1.29, 1.82) is 0 Å². The molecule has 2 rings (SSSR count). The molecule has 1 aliphatic rings. The molecule has 108 valence electrons. The van der Waals surface area contributed by atoms with Gasteiger partial charge in [0.05, 0.1) is 0 Å². The largest absolute Gasteiger partial charge is 0.340 e. The third kappa shape index (κ3) is 2.57. The van der Waals surface area contributed by atoms with Crippen LogP contribution in [-0.2, 0) is 16.1 Å². The topological polar surface area (TPSA) is 62.3 Å². The molecule has 0 saturated carbocycles. The maximum Gasteiger partial charge on any atom is 0.248 e. The smallest absolute Gasteiger partial charge is 0.248 e. The van der Waals surface area contributed by atoms with E-state index in [0.717, 1.165) is 10.0 Å². The van der Waals surface area contributed by atoms with Crippen LogP contribution < -0.4 is 5.32 Å². The fourth-order valence-electron chi connectivity index (χ4n) is 2.20. The van der Waals surface area contributed by atoms with E-state index in [1.807, 2.05) is 6.07 Å². The van der Waals surface area contributed by atoms with Crippen LogP contribution in [-0.4, -0.2) is 32.8 Å². The molecule has 0 aliphatic carbocycles. The van der Waals surface area contributed by atoms with Crippen LogP contribution in [0.4, 0.5) is 0 Å². The van der Waals surface area contributed by atoms with Crippen molar-refractivity contribution >= 4 is 27.7 Å². The molecule has 0 aromatic carbocycles. The SMILES string of the molecule is CC1(C)NC(=O)C(C)(C)N(Cc2cncc(Br)c2)C1=O. The normalized spacial score (nSPS) is 20.8. The van der Waals surface area contributed by atoms with E-state index in [4.69, 9.17) is 0 Å². The highest BCUT2D eigenvalue weighted by Crippen LogP contribution is 2.28. The zero-order valence-corrected chi connectivity index (χ0v) is 13.6. The summed E-state index contributed by atoms with van der Waals surface area (Å²) in [6.45, 7) is 7.29. The molecule has 0 atom stereocenters. The summed E-state index contributed by atoms with van der Waals surface area (Å²) < 4.78 is 0.848. The van der Waals surface area contributed by atoms with E-state index >= 15 is 0 Å². The molecule has 6 heteroatoms. The van der Waals surface area contributed by atoms with Gasteiger partial charge in [-0.05, 0) is 55.3 Å². The summed E-state index contributed by atoms with van der Waals surface area (Å²) in [7, 11) is 0. The standard InChI is InChI=1S/C14H18BrN3O2/c1-13(2)12(20)18(14(3,4)11(19)17-13)8-9-5-10(15)7-16-6-9/h5-7H,8H2,1-4H3,(H,17,19). The minimum absolute atomic E-state index is 0.0953. The Hall–Kier alpha value is -1.43. The van der Waals surface area contributed by atoms with Crippen molar-refractivity contribution in [3.8, 4) is 0 Å². The Balaban J connectivity index is 2.36. The quantitative estimate of drug-likeness (QED) is 0.894. The minimum atomic E-state index is -0.883. The minimum Gasteiger partial charge on any atom is -0.340 e. The Morgan fingerprint density at radius 3 is 2.50 bits per heavy atom. The van der Waals surface area contributed by atoms with Crippen molar-refractivity contribution in [2.24, 2.45) is 0 Å². The summed E-state index contributed by atoms with van der Waals surface area (Å²) in [5, 5.41) is 2.77. The Labute approximate surface area is 126 Å². The highest BCUT2D eigenvalue weighted by atomic mass is 79.9. The second-order valence-corrected chi connectivity index (χ2v) is 6.96. The van der Waals surface area contributed by atoms with Crippen LogP contribution in [0.3, 0.4) is 0 Å². The molecule has 5 nitrogen and oxygen atoms in total. The molecule has 2 amide bonds. The van der Waals surface area contributed by atoms with Gasteiger partial charge in [0.15, 0.2) is 0 Å². The molecule has 1 saturated heterocycles. The first-order valence-corrected chi connectivity index (χ1v) is 7.18. The average Bonchev–Trinajstić information content (AvgIpc) is 2.33. The van der Waals surface area contributed by atoms with E-state index in [0.29, 0.717) is 6.54 Å². The number of rotatable bonds is 2. The van der Waals surface area contributed by atoms with Crippen LogP contribution in [0.5, 0.6) is 0 Å². The first-order valence-electron chi connectivity index (χ1n) is 6.39. The van der Waals surface area contributed by atoms with E-state index < -0.39 is 11.1 Å². The number of pyridine rings is 1. The fraction of sp³-hybridized carbons (Fsp3) is 0.500. The monoisotopic (exact) mass is 339 g/mol. The Morgan fingerprint density at radius 1 is 1.25 bits per heavy atom. The molecule has 1 aromatic rings. The van der Waals surface area contributed by atoms with Crippen molar-refractivity contribution in [2.75, 3.05) is 0 Å². The maximum atomic E-state index is 12.6. The number of amides is 2. The zero-order chi connectivity index (χ0) is 15.1. The van der Waals surface area contributed by atoms with Crippen molar-refractivity contribution in [1.82, 2.24) is 15.2 Å². The molecule has 1 N–H and O–H groups in total. The van der Waals surface area contributed by atoms with Gasteiger partial charge in [0.2, 0.25) is 11.8 Å². The van der Waals surface area contributed by atoms with Crippen LogP contribution in [0, 0.1) is 0 Å². The Kier molecular flexibility index (Phi) is 3.62. The molecule has 1 aliphatic heterocycles. The number of halogens is 1. The summed E-state index contributed by atoms with van der Waals surface area (Å²) in [5.41, 5.74) is -0.882. The second kappa shape index (κ2) is 4.84. The third-order valence-corrected chi connectivity index (χ3v) is 3.97. The van der Waals surface area contributed by atoms with Gasteiger partial charge in [-0.25, -0.2) is 0 Å². The lowest BCUT2D eigenvalue weighted by molar-refractivity contribution is -0.160. The number of hydrogen-bond donors (Lipinski definition) is 1. The summed E-state index contributed by atoms with van der Waals surface area (Å²) in [6.07, 6.45) is 3.39. The molecule has 1 aromatic heterocycles. The summed E-state index contributed by atoms with van der Waals surface area (Å²) >= 11 is 3.36. The van der Waals surface area contributed by atoms with Crippen molar-refractivity contribution in [3.05, 3.63) is 28.5 Å². The Morgan fingerprint density at radius 2 is 1.90 bits per heavy atom. The van der Waals surface area contributed by atoms with E-state index in [-0.39, 0.29) is 11.8 Å². The number of piperazine rings is 1. The molecule has 0 radical (unpaired) electrons. The molecular formula is C14H18BrN3O2. The van der Waals surface area contributed by atoms with Gasteiger partial charge in [0, 0.05) is 23.4 Å². The lowest BCUT2D eigenvalue weighted by Gasteiger charge is -2.47. The molecule has 20 heavy (non-hydrogen) atoms. The van der Waals surface area contributed by atoms with Crippen LogP contribution in [0.1, 0.15) is 33.3 Å². The molecule has 1 fully saturated rings. The maximum absolute atomic E-state index is 12.6. The molecule has 0 unspecified atom stereocenters. The van der Waals surface area contributed by atoms with Gasteiger partial charge in [-0.15, -0.1) is 0 Å². The van der Waals surface area contributed by atoms with Gasteiger partial charge < -0.3 is 10.2 Å². The Bertz CT molecular complexity index is 569. The van der Waals surface area contributed by atoms with Crippen LogP contribution in [0.2, 0.25) is 0 Å². The highest BCUT2D eigenvalue weighted by Gasteiger charge is 2.49. The van der Waals surface area contributed by atoms with Gasteiger partial charge in [-0.2, -0.15) is 0 Å². The average molecular weight is 340 g/mol. The van der Waals surface area contributed by atoms with E-state index in [2.05, 4.69) is 26.2 Å². The third-order valence-electron chi connectivity index (χ3n) is 3.54. The highest BCUT2D eigenvalue weighted by molar-refractivity contribution is 9.10. The number of carbonyl (C=O) groups excluding carboxylic acids is 2. The molecule has 2 heterocycles. The first-order chi connectivity index (χ1) is 9.14. The van der Waals surface area contributed by atoms with Crippen LogP contribution in [0.15, 0.2) is 22.9 Å². The van der Waals surface area contributed by atoms with E-state index in [1.54, 1.807) is 45.0 Å².